The van der Waals surface area contributed by atoms with Crippen LogP contribution in [0.4, 0.5) is 11.4 Å². The van der Waals surface area contributed by atoms with E-state index in [1.54, 1.807) is 12.1 Å². The fourth-order valence-corrected chi connectivity index (χ4v) is 4.25. The molecular weight excluding hydrogens is 282 g/mol. The van der Waals surface area contributed by atoms with Gasteiger partial charge in [0.1, 0.15) is 0 Å². The number of rotatable bonds is 3. The van der Waals surface area contributed by atoms with E-state index in [-0.39, 0.29) is 28.5 Å². The van der Waals surface area contributed by atoms with Gasteiger partial charge in [0.25, 0.3) is 5.69 Å². The molecule has 0 aromatic heterocycles. The molecule has 0 spiro atoms. The highest BCUT2D eigenvalue weighted by Crippen LogP contribution is 2.42. The summed E-state index contributed by atoms with van der Waals surface area (Å²) in [5.41, 5.74) is 2.19. The number of nitrogens with zero attached hydrogens (tertiary/aromatic N) is 3. The number of hydrogen-bond donors (Lipinski definition) is 0. The van der Waals surface area contributed by atoms with E-state index in [0.29, 0.717) is 12.7 Å². The van der Waals surface area contributed by atoms with Crippen LogP contribution < -0.4 is 4.90 Å². The summed E-state index contributed by atoms with van der Waals surface area (Å²) in [6.45, 7) is 2.73. The zero-order valence-corrected chi connectivity index (χ0v) is 12.6. The van der Waals surface area contributed by atoms with Crippen LogP contribution in [0.25, 0.3) is 0 Å². The summed E-state index contributed by atoms with van der Waals surface area (Å²) in [7, 11) is 0. The lowest BCUT2D eigenvalue weighted by Gasteiger charge is -2.46. The lowest BCUT2D eigenvalue weighted by Crippen LogP contribution is -2.61. The van der Waals surface area contributed by atoms with Gasteiger partial charge in [-0.1, -0.05) is 6.42 Å². The first kappa shape index (κ1) is 13.5. The maximum atomic E-state index is 12.2. The molecule has 3 atom stereocenters. The Morgan fingerprint density at radius 1 is 1.32 bits per heavy atom. The zero-order valence-electron chi connectivity index (χ0n) is 12.6. The van der Waals surface area contributed by atoms with Crippen LogP contribution >= 0.6 is 0 Å². The molecule has 22 heavy (non-hydrogen) atoms. The van der Waals surface area contributed by atoms with Crippen LogP contribution in [0, 0.1) is 16.0 Å². The van der Waals surface area contributed by atoms with Gasteiger partial charge in [-0.15, -0.1) is 0 Å². The summed E-state index contributed by atoms with van der Waals surface area (Å²) >= 11 is 0. The number of anilines is 1. The first-order valence-corrected chi connectivity index (χ1v) is 7.90. The lowest BCUT2D eigenvalue weighted by atomic mass is 9.91. The summed E-state index contributed by atoms with van der Waals surface area (Å²) in [6, 6.07) is 5.74. The van der Waals surface area contributed by atoms with Gasteiger partial charge in [0, 0.05) is 29.9 Å². The molecule has 0 unspecified atom stereocenters. The SMILES string of the molecule is C[C@@H]1Cc2cc([N+](=O)[O-])ccc2N1CN1C(=O)[C@H]2CCC[C@H]21. The second kappa shape index (κ2) is 4.69. The predicted octanol–water partition coefficient (Wildman–Crippen LogP) is 2.31. The number of β-lactam (4-membered cyclic amide) rings is 1. The van der Waals surface area contributed by atoms with E-state index < -0.39 is 0 Å². The van der Waals surface area contributed by atoms with E-state index in [9.17, 15) is 14.9 Å². The highest BCUT2D eigenvalue weighted by atomic mass is 16.6. The van der Waals surface area contributed by atoms with E-state index in [0.717, 1.165) is 36.9 Å². The molecule has 1 saturated heterocycles. The van der Waals surface area contributed by atoms with Crippen molar-refractivity contribution in [3.8, 4) is 0 Å². The maximum Gasteiger partial charge on any atom is 0.269 e. The Morgan fingerprint density at radius 2 is 2.14 bits per heavy atom. The molecule has 116 valence electrons. The van der Waals surface area contributed by atoms with E-state index in [1.165, 1.54) is 0 Å². The minimum absolute atomic E-state index is 0.142. The number of amides is 1. The van der Waals surface area contributed by atoms with Crippen molar-refractivity contribution in [2.45, 2.75) is 44.7 Å². The smallest absolute Gasteiger partial charge is 0.269 e. The van der Waals surface area contributed by atoms with Crippen molar-refractivity contribution in [2.75, 3.05) is 11.6 Å². The van der Waals surface area contributed by atoms with Gasteiger partial charge >= 0.3 is 0 Å². The van der Waals surface area contributed by atoms with Crippen molar-refractivity contribution in [1.29, 1.82) is 0 Å². The van der Waals surface area contributed by atoms with Gasteiger partial charge in [-0.25, -0.2) is 0 Å². The number of nitro groups is 1. The summed E-state index contributed by atoms with van der Waals surface area (Å²) in [5.74, 6) is 0.541. The molecule has 3 aliphatic rings. The monoisotopic (exact) mass is 301 g/mol. The maximum absolute atomic E-state index is 12.2. The number of carbonyl (C=O) groups excluding carboxylic acids is 1. The Balaban J connectivity index is 1.57. The third-order valence-electron chi connectivity index (χ3n) is 5.42. The van der Waals surface area contributed by atoms with Crippen LogP contribution in [0.5, 0.6) is 0 Å². The largest absolute Gasteiger partial charge is 0.350 e. The number of benzene rings is 1. The number of likely N-dealkylation sites (tertiary alicyclic amines) is 1. The molecule has 4 rings (SSSR count). The van der Waals surface area contributed by atoms with E-state index in [1.807, 2.05) is 11.0 Å². The van der Waals surface area contributed by atoms with E-state index in [2.05, 4.69) is 11.8 Å². The van der Waals surface area contributed by atoms with Gasteiger partial charge in [0.15, 0.2) is 0 Å². The number of hydrogen-bond acceptors (Lipinski definition) is 4. The fourth-order valence-electron chi connectivity index (χ4n) is 4.25. The molecule has 0 N–H and O–H groups in total. The summed E-state index contributed by atoms with van der Waals surface area (Å²) in [5, 5.41) is 10.9. The van der Waals surface area contributed by atoms with Crippen LogP contribution in [0.2, 0.25) is 0 Å². The Bertz CT molecular complexity index is 660. The van der Waals surface area contributed by atoms with Crippen molar-refractivity contribution in [3.05, 3.63) is 33.9 Å². The van der Waals surface area contributed by atoms with Crippen LogP contribution in [0.15, 0.2) is 18.2 Å². The average Bonchev–Trinajstić information content (AvgIpc) is 3.05. The zero-order chi connectivity index (χ0) is 15.4. The van der Waals surface area contributed by atoms with Crippen LogP contribution in [0.3, 0.4) is 0 Å². The second-order valence-electron chi connectivity index (χ2n) is 6.65. The molecular formula is C16H19N3O3. The van der Waals surface area contributed by atoms with Crippen LogP contribution in [-0.2, 0) is 11.2 Å². The summed E-state index contributed by atoms with van der Waals surface area (Å²) in [6.07, 6.45) is 4.10. The van der Waals surface area contributed by atoms with Crippen molar-refractivity contribution >= 4 is 17.3 Å². The topological polar surface area (TPSA) is 66.7 Å². The molecule has 1 aromatic rings. The van der Waals surface area contributed by atoms with Crippen molar-refractivity contribution < 1.29 is 9.72 Å². The molecule has 2 aliphatic heterocycles. The number of fused-ring (bicyclic) bond motifs is 2. The number of nitro benzene ring substituents is 1. The molecule has 2 fully saturated rings. The molecule has 1 aromatic carbocycles. The highest BCUT2D eigenvalue weighted by Gasteiger charge is 2.50. The minimum atomic E-state index is -0.352. The minimum Gasteiger partial charge on any atom is -0.350 e. The third-order valence-corrected chi connectivity index (χ3v) is 5.42. The summed E-state index contributed by atoms with van der Waals surface area (Å²) < 4.78 is 0. The van der Waals surface area contributed by atoms with Gasteiger partial charge in [0.05, 0.1) is 17.5 Å². The van der Waals surface area contributed by atoms with Crippen molar-refractivity contribution in [2.24, 2.45) is 5.92 Å². The van der Waals surface area contributed by atoms with E-state index >= 15 is 0 Å². The van der Waals surface area contributed by atoms with E-state index in [4.69, 9.17) is 0 Å². The third kappa shape index (κ3) is 1.82. The first-order valence-electron chi connectivity index (χ1n) is 7.90. The van der Waals surface area contributed by atoms with Crippen LogP contribution in [-0.4, -0.2) is 34.5 Å². The highest BCUT2D eigenvalue weighted by molar-refractivity contribution is 5.87. The molecule has 1 saturated carbocycles. The molecule has 1 amide bonds. The second-order valence-corrected chi connectivity index (χ2v) is 6.65. The Labute approximate surface area is 128 Å². The molecule has 6 heteroatoms. The first-order chi connectivity index (χ1) is 10.6. The standard InChI is InChI=1S/C16H19N3O3/c1-10-7-11-8-12(19(21)22)5-6-14(11)17(10)9-18-15-4-2-3-13(15)16(18)20/h5-6,8,10,13,15H,2-4,7,9H2,1H3/t10-,13+,15-/m1/s1. The van der Waals surface area contributed by atoms with Crippen LogP contribution in [0.1, 0.15) is 31.7 Å². The molecule has 1 aliphatic carbocycles. The molecule has 0 radical (unpaired) electrons. The molecule has 2 heterocycles. The number of non-ortho nitro benzene ring substituents is 1. The normalized spacial score (nSPS) is 29.3. The average molecular weight is 301 g/mol. The molecule has 6 nitrogen and oxygen atoms in total. The Hall–Kier alpha value is -2.11. The van der Waals surface area contributed by atoms with Gasteiger partial charge in [-0.3, -0.25) is 14.9 Å². The fraction of sp³-hybridized carbons (Fsp3) is 0.562. The van der Waals surface area contributed by atoms with Gasteiger partial charge in [0.2, 0.25) is 5.91 Å². The quantitative estimate of drug-likeness (QED) is 0.488. The lowest BCUT2D eigenvalue weighted by molar-refractivity contribution is -0.384. The molecule has 0 bridgehead atoms. The van der Waals surface area contributed by atoms with Crippen molar-refractivity contribution in [3.63, 3.8) is 0 Å². The van der Waals surface area contributed by atoms with Gasteiger partial charge in [-0.2, -0.15) is 0 Å². The van der Waals surface area contributed by atoms with Crippen molar-refractivity contribution in [1.82, 2.24) is 4.90 Å². The van der Waals surface area contributed by atoms with Gasteiger partial charge < -0.3 is 9.80 Å². The number of carbonyl (C=O) groups is 1. The Morgan fingerprint density at radius 3 is 2.91 bits per heavy atom. The Kier molecular flexibility index (Phi) is 2.89. The summed E-state index contributed by atoms with van der Waals surface area (Å²) in [4.78, 5) is 27.0. The van der Waals surface area contributed by atoms with Gasteiger partial charge in [-0.05, 0) is 37.8 Å². The predicted molar refractivity (Wildman–Crippen MR) is 81.6 cm³/mol.